The van der Waals surface area contributed by atoms with Gasteiger partial charge in [-0.25, -0.2) is 0 Å². The van der Waals surface area contributed by atoms with Gasteiger partial charge in [0.15, 0.2) is 6.61 Å². The minimum Gasteiger partial charge on any atom is -0.457 e. The van der Waals surface area contributed by atoms with Crippen LogP contribution in [-0.4, -0.2) is 35.4 Å². The van der Waals surface area contributed by atoms with Gasteiger partial charge < -0.3 is 14.6 Å². The Morgan fingerprint density at radius 2 is 2.12 bits per heavy atom. The number of aryl methyl sites for hydroxylation is 1. The van der Waals surface area contributed by atoms with Crippen molar-refractivity contribution in [1.29, 1.82) is 0 Å². The Balaban J connectivity index is 1.78. The number of rotatable bonds is 9. The van der Waals surface area contributed by atoms with Crippen molar-refractivity contribution in [2.24, 2.45) is 0 Å². The molecule has 0 aliphatic carbocycles. The highest BCUT2D eigenvalue weighted by molar-refractivity contribution is 7.08. The Morgan fingerprint density at radius 1 is 1.35 bits per heavy atom. The van der Waals surface area contributed by atoms with Gasteiger partial charge in [0.2, 0.25) is 5.78 Å². The minimum absolute atomic E-state index is 0.0125. The van der Waals surface area contributed by atoms with Crippen LogP contribution in [0.4, 0.5) is 0 Å². The monoisotopic (exact) mass is 374 g/mol. The second-order valence-electron chi connectivity index (χ2n) is 5.79. The van der Waals surface area contributed by atoms with E-state index in [-0.39, 0.29) is 31.3 Å². The summed E-state index contributed by atoms with van der Waals surface area (Å²) >= 11 is 1.43. The van der Waals surface area contributed by atoms with E-state index in [2.05, 4.69) is 11.9 Å². The standard InChI is InChI=1S/C19H22N2O4S/c1-4-8-21-13(2)10-16(14(21)3)17(22)11-25-18(23)5-7-20-19(24)15-6-9-26-12-15/h4,6,9-10,12H,1,5,7-8,11H2,2-3H3,(H,20,24). The van der Waals surface area contributed by atoms with Crippen LogP contribution in [0, 0.1) is 13.8 Å². The number of thiophene rings is 1. The van der Waals surface area contributed by atoms with Crippen molar-refractivity contribution in [1.82, 2.24) is 9.88 Å². The summed E-state index contributed by atoms with van der Waals surface area (Å²) in [7, 11) is 0. The van der Waals surface area contributed by atoms with Crippen LogP contribution < -0.4 is 5.32 Å². The molecule has 0 unspecified atom stereocenters. The van der Waals surface area contributed by atoms with Crippen molar-refractivity contribution in [2.45, 2.75) is 26.8 Å². The SMILES string of the molecule is C=CCn1c(C)cc(C(=O)COC(=O)CCNC(=O)c2ccsc2)c1C. The summed E-state index contributed by atoms with van der Waals surface area (Å²) < 4.78 is 7.00. The summed E-state index contributed by atoms with van der Waals surface area (Å²) in [6.07, 6.45) is 1.78. The van der Waals surface area contributed by atoms with Gasteiger partial charge in [0.1, 0.15) is 0 Å². The summed E-state index contributed by atoms with van der Waals surface area (Å²) in [4.78, 5) is 35.8. The molecule has 1 N–H and O–H groups in total. The van der Waals surface area contributed by atoms with Crippen LogP contribution in [0.3, 0.4) is 0 Å². The van der Waals surface area contributed by atoms with Gasteiger partial charge in [0.05, 0.1) is 6.42 Å². The number of ether oxygens (including phenoxy) is 1. The first-order valence-electron chi connectivity index (χ1n) is 8.21. The van der Waals surface area contributed by atoms with Crippen LogP contribution >= 0.6 is 11.3 Å². The first-order chi connectivity index (χ1) is 12.4. The van der Waals surface area contributed by atoms with E-state index in [0.29, 0.717) is 17.7 Å². The molecule has 138 valence electrons. The molecule has 0 saturated heterocycles. The Hall–Kier alpha value is -2.67. The van der Waals surface area contributed by atoms with E-state index in [9.17, 15) is 14.4 Å². The van der Waals surface area contributed by atoms with E-state index in [4.69, 9.17) is 4.74 Å². The number of amides is 1. The van der Waals surface area contributed by atoms with Gasteiger partial charge in [0.25, 0.3) is 5.91 Å². The molecule has 7 heteroatoms. The zero-order valence-electron chi connectivity index (χ0n) is 14.9. The van der Waals surface area contributed by atoms with E-state index in [1.165, 1.54) is 11.3 Å². The fraction of sp³-hybridized carbons (Fsp3) is 0.316. The van der Waals surface area contributed by atoms with Gasteiger partial charge in [-0.2, -0.15) is 11.3 Å². The molecule has 1 amide bonds. The van der Waals surface area contributed by atoms with E-state index in [0.717, 1.165) is 11.4 Å². The van der Waals surface area contributed by atoms with Crippen LogP contribution in [0.2, 0.25) is 0 Å². The Labute approximate surface area is 156 Å². The highest BCUT2D eigenvalue weighted by Crippen LogP contribution is 2.16. The Bertz CT molecular complexity index is 806. The molecule has 6 nitrogen and oxygen atoms in total. The van der Waals surface area contributed by atoms with Crippen LogP contribution in [0.5, 0.6) is 0 Å². The molecule has 0 radical (unpaired) electrons. The van der Waals surface area contributed by atoms with Gasteiger partial charge in [-0.1, -0.05) is 6.08 Å². The lowest BCUT2D eigenvalue weighted by atomic mass is 10.1. The largest absolute Gasteiger partial charge is 0.457 e. The van der Waals surface area contributed by atoms with E-state index >= 15 is 0 Å². The third-order valence-corrected chi connectivity index (χ3v) is 4.63. The predicted molar refractivity (Wildman–Crippen MR) is 101 cm³/mol. The van der Waals surface area contributed by atoms with Crippen molar-refractivity contribution in [3.05, 3.63) is 58.1 Å². The van der Waals surface area contributed by atoms with Gasteiger partial charge in [-0.05, 0) is 31.4 Å². The second kappa shape index (κ2) is 9.15. The number of carbonyl (C=O) groups excluding carboxylic acids is 3. The summed E-state index contributed by atoms with van der Waals surface area (Å²) in [5.41, 5.74) is 2.89. The molecular formula is C19H22N2O4S. The maximum Gasteiger partial charge on any atom is 0.308 e. The third-order valence-electron chi connectivity index (χ3n) is 3.95. The zero-order valence-corrected chi connectivity index (χ0v) is 15.7. The van der Waals surface area contributed by atoms with Gasteiger partial charge in [0, 0.05) is 41.0 Å². The lowest BCUT2D eigenvalue weighted by molar-refractivity contribution is -0.142. The van der Waals surface area contributed by atoms with Crippen molar-refractivity contribution >= 4 is 29.0 Å². The fourth-order valence-electron chi connectivity index (χ4n) is 2.56. The number of nitrogens with zero attached hydrogens (tertiary/aromatic N) is 1. The molecule has 0 saturated carbocycles. The summed E-state index contributed by atoms with van der Waals surface area (Å²) in [6.45, 7) is 7.94. The van der Waals surface area contributed by atoms with Crippen molar-refractivity contribution < 1.29 is 19.1 Å². The van der Waals surface area contributed by atoms with Crippen LogP contribution in [0.25, 0.3) is 0 Å². The predicted octanol–water partition coefficient (Wildman–Crippen LogP) is 2.90. The molecular weight excluding hydrogens is 352 g/mol. The fourth-order valence-corrected chi connectivity index (χ4v) is 3.20. The molecule has 0 fully saturated rings. The molecule has 2 rings (SSSR count). The third kappa shape index (κ3) is 4.92. The summed E-state index contributed by atoms with van der Waals surface area (Å²) in [6, 6.07) is 3.50. The van der Waals surface area contributed by atoms with E-state index < -0.39 is 5.97 Å². The lowest BCUT2D eigenvalue weighted by Gasteiger charge is -2.07. The number of aromatic nitrogens is 1. The maximum absolute atomic E-state index is 12.3. The van der Waals surface area contributed by atoms with Gasteiger partial charge in [-0.3, -0.25) is 14.4 Å². The number of hydrogen-bond acceptors (Lipinski definition) is 5. The normalized spacial score (nSPS) is 10.4. The molecule has 0 bridgehead atoms. The quantitative estimate of drug-likeness (QED) is 0.416. The second-order valence-corrected chi connectivity index (χ2v) is 6.57. The number of esters is 1. The number of nitrogens with one attached hydrogen (secondary N) is 1. The lowest BCUT2D eigenvalue weighted by Crippen LogP contribution is -2.26. The molecule has 26 heavy (non-hydrogen) atoms. The molecule has 0 atom stereocenters. The van der Waals surface area contributed by atoms with Crippen LogP contribution in [0.15, 0.2) is 35.5 Å². The Morgan fingerprint density at radius 3 is 2.77 bits per heavy atom. The minimum atomic E-state index is -0.524. The van der Waals surface area contributed by atoms with Crippen LogP contribution in [0.1, 0.15) is 38.5 Å². The van der Waals surface area contributed by atoms with Crippen molar-refractivity contribution in [3.63, 3.8) is 0 Å². The number of ketones is 1. The molecule has 0 spiro atoms. The number of carbonyl (C=O) groups is 3. The first-order valence-corrected chi connectivity index (χ1v) is 9.15. The molecule has 0 aliphatic heterocycles. The zero-order chi connectivity index (χ0) is 19.1. The van der Waals surface area contributed by atoms with E-state index in [1.54, 1.807) is 29.0 Å². The number of hydrogen-bond donors (Lipinski definition) is 1. The summed E-state index contributed by atoms with van der Waals surface area (Å²) in [5.74, 6) is -1.00. The number of allylic oxidation sites excluding steroid dienone is 1. The molecule has 0 aliphatic rings. The van der Waals surface area contributed by atoms with Crippen LogP contribution in [-0.2, 0) is 16.1 Å². The molecule has 2 aromatic rings. The van der Waals surface area contributed by atoms with Crippen molar-refractivity contribution in [3.8, 4) is 0 Å². The highest BCUT2D eigenvalue weighted by Gasteiger charge is 2.17. The van der Waals surface area contributed by atoms with Gasteiger partial charge >= 0.3 is 5.97 Å². The smallest absolute Gasteiger partial charge is 0.308 e. The van der Waals surface area contributed by atoms with E-state index in [1.807, 2.05) is 18.4 Å². The molecule has 2 aromatic heterocycles. The average Bonchev–Trinajstić information content (AvgIpc) is 3.24. The topological polar surface area (TPSA) is 77.4 Å². The first kappa shape index (κ1) is 19.7. The summed E-state index contributed by atoms with van der Waals surface area (Å²) in [5, 5.41) is 6.18. The van der Waals surface area contributed by atoms with Crippen molar-refractivity contribution in [2.75, 3.05) is 13.2 Å². The highest BCUT2D eigenvalue weighted by atomic mass is 32.1. The average molecular weight is 374 g/mol. The maximum atomic E-state index is 12.3. The number of Topliss-reactive ketones (excluding diaryl/α,β-unsaturated/α-hetero) is 1. The Kier molecular flexibility index (Phi) is 6.91. The van der Waals surface area contributed by atoms with Gasteiger partial charge in [-0.15, -0.1) is 6.58 Å². The molecule has 2 heterocycles. The molecule has 0 aromatic carbocycles.